The summed E-state index contributed by atoms with van der Waals surface area (Å²) in [6.07, 6.45) is 10.8. The number of carbonyl (C=O) groups excluding carboxylic acids is 2. The fourth-order valence-corrected chi connectivity index (χ4v) is 9.73. The van der Waals surface area contributed by atoms with Gasteiger partial charge in [-0.15, -0.1) is 0 Å². The first kappa shape index (κ1) is 28.6. The first-order valence-corrected chi connectivity index (χ1v) is 15.2. The first-order chi connectivity index (χ1) is 18.5. The van der Waals surface area contributed by atoms with E-state index in [1.165, 1.54) is 0 Å². The van der Waals surface area contributed by atoms with Crippen LogP contribution in [0.1, 0.15) is 104 Å². The van der Waals surface area contributed by atoms with E-state index < -0.39 is 23.1 Å². The Morgan fingerprint density at radius 2 is 1.79 bits per heavy atom. The fourth-order valence-electron chi connectivity index (χ4n) is 9.73. The van der Waals surface area contributed by atoms with Gasteiger partial charge in [0.1, 0.15) is 12.7 Å². The summed E-state index contributed by atoms with van der Waals surface area (Å²) in [5, 5.41) is 32.8. The van der Waals surface area contributed by atoms with E-state index in [2.05, 4.69) is 13.8 Å². The van der Waals surface area contributed by atoms with E-state index in [9.17, 15) is 24.6 Å². The van der Waals surface area contributed by atoms with Crippen LogP contribution in [0, 0.1) is 34.5 Å². The van der Waals surface area contributed by atoms with Gasteiger partial charge in [-0.1, -0.05) is 26.7 Å². The topological polar surface area (TPSA) is 130 Å². The number of hydrogen-bond acceptors (Lipinski definition) is 7. The van der Waals surface area contributed by atoms with Crippen LogP contribution in [0.4, 0.5) is 0 Å². The summed E-state index contributed by atoms with van der Waals surface area (Å²) >= 11 is 0. The Hall–Kier alpha value is -1.93. The maximum atomic E-state index is 12.5. The third-order valence-electron chi connectivity index (χ3n) is 11.7. The molecular formula is C31H46O8. The van der Waals surface area contributed by atoms with Gasteiger partial charge in [-0.3, -0.25) is 9.59 Å². The van der Waals surface area contributed by atoms with Crippen LogP contribution >= 0.6 is 0 Å². The summed E-state index contributed by atoms with van der Waals surface area (Å²) in [5.74, 6) is -0.855. The van der Waals surface area contributed by atoms with Crippen molar-refractivity contribution in [2.24, 2.45) is 34.5 Å². The van der Waals surface area contributed by atoms with Crippen LogP contribution in [-0.2, 0) is 23.9 Å². The Balaban J connectivity index is 1.20. The molecule has 4 aliphatic carbocycles. The first-order valence-electron chi connectivity index (χ1n) is 15.2. The van der Waals surface area contributed by atoms with Crippen molar-refractivity contribution >= 4 is 17.9 Å². The minimum atomic E-state index is -0.879. The van der Waals surface area contributed by atoms with Gasteiger partial charge in [-0.05, 0) is 98.9 Å². The molecule has 0 spiro atoms. The number of aliphatic hydroxyl groups is 2. The number of rotatable bonds is 9. The molecule has 39 heavy (non-hydrogen) atoms. The molecular weight excluding hydrogens is 500 g/mol. The summed E-state index contributed by atoms with van der Waals surface area (Å²) in [5.41, 5.74) is -0.519. The molecule has 8 heteroatoms. The van der Waals surface area contributed by atoms with Crippen LogP contribution in [0.5, 0.6) is 0 Å². The van der Waals surface area contributed by atoms with Crippen molar-refractivity contribution in [2.75, 3.05) is 6.61 Å². The predicted molar refractivity (Wildman–Crippen MR) is 142 cm³/mol. The number of esters is 2. The second kappa shape index (κ2) is 10.8. The van der Waals surface area contributed by atoms with Crippen LogP contribution in [0.3, 0.4) is 0 Å². The van der Waals surface area contributed by atoms with E-state index in [0.29, 0.717) is 38.2 Å². The van der Waals surface area contributed by atoms with Gasteiger partial charge in [0.15, 0.2) is 0 Å². The number of hydrogen-bond donors (Lipinski definition) is 3. The van der Waals surface area contributed by atoms with Crippen molar-refractivity contribution in [1.29, 1.82) is 0 Å². The zero-order valence-electron chi connectivity index (χ0n) is 23.5. The molecule has 0 amide bonds. The van der Waals surface area contributed by atoms with Gasteiger partial charge in [0.2, 0.25) is 0 Å². The number of aliphatic hydroxyl groups excluding tert-OH is 1. The molecule has 4 fully saturated rings. The van der Waals surface area contributed by atoms with Gasteiger partial charge in [0, 0.05) is 24.3 Å². The van der Waals surface area contributed by atoms with Crippen molar-refractivity contribution in [2.45, 2.75) is 122 Å². The zero-order valence-corrected chi connectivity index (χ0v) is 23.5. The molecule has 0 aromatic heterocycles. The Morgan fingerprint density at radius 1 is 1.05 bits per heavy atom. The minimum Gasteiger partial charge on any atom is -0.481 e. The van der Waals surface area contributed by atoms with Crippen LogP contribution < -0.4 is 0 Å². The van der Waals surface area contributed by atoms with E-state index in [4.69, 9.17) is 14.6 Å². The highest BCUT2D eigenvalue weighted by atomic mass is 16.5. The highest BCUT2D eigenvalue weighted by Gasteiger charge is 2.70. The molecule has 4 saturated carbocycles. The molecule has 1 heterocycles. The highest BCUT2D eigenvalue weighted by Crippen LogP contribution is 2.70. The van der Waals surface area contributed by atoms with E-state index in [0.717, 1.165) is 63.4 Å². The molecule has 0 radical (unpaired) electrons. The van der Waals surface area contributed by atoms with Crippen molar-refractivity contribution in [3.05, 3.63) is 11.6 Å². The molecule has 1 aliphatic heterocycles. The molecule has 0 bridgehead atoms. The molecule has 218 valence electrons. The second-order valence-corrected chi connectivity index (χ2v) is 13.6. The average molecular weight is 547 g/mol. The Kier molecular flexibility index (Phi) is 7.92. The maximum Gasteiger partial charge on any atom is 0.331 e. The average Bonchev–Trinajstić information content (AvgIpc) is 3.41. The monoisotopic (exact) mass is 546 g/mol. The number of aliphatic carboxylic acids is 1. The lowest BCUT2D eigenvalue weighted by Crippen LogP contribution is -2.66. The molecule has 0 aromatic rings. The fraction of sp³-hybridized carbons (Fsp3) is 0.839. The van der Waals surface area contributed by atoms with Crippen molar-refractivity contribution in [3.63, 3.8) is 0 Å². The number of cyclic esters (lactones) is 1. The van der Waals surface area contributed by atoms with Crippen molar-refractivity contribution in [3.8, 4) is 0 Å². The maximum absolute atomic E-state index is 12.5. The van der Waals surface area contributed by atoms with Crippen LogP contribution in [-0.4, -0.2) is 57.6 Å². The standard InChI is InChI=1S/C31H46O8/c1-29-13-11-21(39-26(35)8-6-4-3-5-7-25(33)34)16-20(29)9-10-23-28(29)24(32)17-30(2)22(12-14-31(23,30)37)19-15-27(36)38-18-19/h15,20-24,28,32,37H,3-14,16-18H2,1-2H3,(H,33,34). The number of carboxylic acid groups (broad SMARTS) is 1. The summed E-state index contributed by atoms with van der Waals surface area (Å²) in [6, 6.07) is 0. The number of carboxylic acids is 1. The van der Waals surface area contributed by atoms with E-state index >= 15 is 0 Å². The molecule has 5 aliphatic rings. The smallest absolute Gasteiger partial charge is 0.331 e. The molecule has 5 rings (SSSR count). The Labute approximate surface area is 231 Å². The van der Waals surface area contributed by atoms with Gasteiger partial charge in [0.25, 0.3) is 0 Å². The van der Waals surface area contributed by atoms with Crippen LogP contribution in [0.2, 0.25) is 0 Å². The van der Waals surface area contributed by atoms with Gasteiger partial charge in [0.05, 0.1) is 11.7 Å². The predicted octanol–water partition coefficient (Wildman–Crippen LogP) is 4.55. The van der Waals surface area contributed by atoms with E-state index in [-0.39, 0.29) is 47.6 Å². The summed E-state index contributed by atoms with van der Waals surface area (Å²) in [6.45, 7) is 4.70. The third-order valence-corrected chi connectivity index (χ3v) is 11.7. The molecule has 0 saturated heterocycles. The molecule has 9 atom stereocenters. The number of unbranched alkanes of at least 4 members (excludes halogenated alkanes) is 3. The lowest BCUT2D eigenvalue weighted by Gasteiger charge is -2.65. The lowest BCUT2D eigenvalue weighted by atomic mass is 9.42. The van der Waals surface area contributed by atoms with Gasteiger partial charge >= 0.3 is 17.9 Å². The summed E-state index contributed by atoms with van der Waals surface area (Å²) < 4.78 is 11.1. The van der Waals surface area contributed by atoms with E-state index in [1.807, 2.05) is 0 Å². The van der Waals surface area contributed by atoms with Crippen LogP contribution in [0.15, 0.2) is 11.6 Å². The SMILES string of the molecule is CC12CCC(OC(=O)CCCCCCC(=O)O)CC1CCC1C2C(O)CC2(C)C(C3=CC(=O)OC3)CCC12O. The number of ether oxygens (including phenoxy) is 2. The molecule has 8 nitrogen and oxygen atoms in total. The molecule has 3 N–H and O–H groups in total. The van der Waals surface area contributed by atoms with Gasteiger partial charge < -0.3 is 24.8 Å². The summed E-state index contributed by atoms with van der Waals surface area (Å²) in [7, 11) is 0. The molecule has 0 aromatic carbocycles. The number of carbonyl (C=O) groups is 3. The van der Waals surface area contributed by atoms with Crippen LogP contribution in [0.25, 0.3) is 0 Å². The molecule has 9 unspecified atom stereocenters. The Bertz CT molecular complexity index is 1010. The summed E-state index contributed by atoms with van der Waals surface area (Å²) in [4.78, 5) is 34.9. The minimum absolute atomic E-state index is 0.00553. The highest BCUT2D eigenvalue weighted by molar-refractivity contribution is 5.85. The quantitative estimate of drug-likeness (QED) is 0.284. The largest absolute Gasteiger partial charge is 0.481 e. The van der Waals surface area contributed by atoms with Gasteiger partial charge in [-0.25, -0.2) is 4.79 Å². The lowest BCUT2D eigenvalue weighted by molar-refractivity contribution is -0.243. The third kappa shape index (κ3) is 5.05. The van der Waals surface area contributed by atoms with Crippen molar-refractivity contribution < 1.29 is 39.2 Å². The van der Waals surface area contributed by atoms with E-state index in [1.54, 1.807) is 6.08 Å². The second-order valence-electron chi connectivity index (χ2n) is 13.6. The Morgan fingerprint density at radius 3 is 2.49 bits per heavy atom. The van der Waals surface area contributed by atoms with Crippen molar-refractivity contribution in [1.82, 2.24) is 0 Å². The normalized spacial score (nSPS) is 43.1. The zero-order chi connectivity index (χ0) is 28.0. The number of fused-ring (bicyclic) bond motifs is 5. The van der Waals surface area contributed by atoms with Gasteiger partial charge in [-0.2, -0.15) is 0 Å².